The molecule has 0 atom stereocenters. The second kappa shape index (κ2) is 10.0. The molecule has 1 N–H and O–H groups in total. The molecule has 0 bridgehead atoms. The Morgan fingerprint density at radius 1 is 0.968 bits per heavy atom. The number of halogens is 3. The lowest BCUT2D eigenvalue weighted by atomic mass is 10.2. The molecule has 0 aromatic heterocycles. The number of carbonyl (C=O) groups is 1. The molecule has 0 radical (unpaired) electrons. The van der Waals surface area contributed by atoms with E-state index in [-0.39, 0.29) is 21.5 Å². The molecule has 1 amide bonds. The van der Waals surface area contributed by atoms with Crippen LogP contribution in [0.5, 0.6) is 0 Å². The molecule has 0 saturated heterocycles. The van der Waals surface area contributed by atoms with Gasteiger partial charge in [0.2, 0.25) is 15.9 Å². The van der Waals surface area contributed by atoms with E-state index in [4.69, 9.17) is 34.8 Å². The third-order valence-electron chi connectivity index (χ3n) is 4.45. The van der Waals surface area contributed by atoms with Crippen molar-refractivity contribution >= 4 is 56.4 Å². The zero-order chi connectivity index (χ0) is 22.6. The van der Waals surface area contributed by atoms with Crippen LogP contribution in [0.3, 0.4) is 0 Å². The van der Waals surface area contributed by atoms with Crippen LogP contribution in [0.2, 0.25) is 15.1 Å². The number of nitrogens with zero attached hydrogens (tertiary/aromatic N) is 1. The number of rotatable bonds is 7. The van der Waals surface area contributed by atoms with Crippen molar-refractivity contribution in [3.05, 3.63) is 92.9 Å². The molecule has 3 aromatic rings. The topological polar surface area (TPSA) is 66.5 Å². The fraction of sp³-hybridized carbons (Fsp3) is 0.136. The minimum absolute atomic E-state index is 0.0343. The van der Waals surface area contributed by atoms with Gasteiger partial charge in [-0.1, -0.05) is 70.7 Å². The molecule has 162 valence electrons. The molecular weight excluding hydrogens is 479 g/mol. The number of benzene rings is 3. The maximum Gasteiger partial charge on any atom is 0.243 e. The molecule has 0 saturated carbocycles. The summed E-state index contributed by atoms with van der Waals surface area (Å²) in [6.07, 6.45) is 0. The molecule has 5 nitrogen and oxygen atoms in total. The standard InChI is InChI=1S/C22H19Cl3N2O3S/c1-15-8-10-18(11-9-15)31(29,30)27(13-16-4-2-5-17(23)12-16)14-21(28)26-20-7-3-6-19(24)22(20)25/h2-12H,13-14H2,1H3,(H,26,28). The number of aryl methyl sites for hydroxylation is 1. The van der Waals surface area contributed by atoms with Gasteiger partial charge in [0.15, 0.2) is 0 Å². The fourth-order valence-electron chi connectivity index (χ4n) is 2.87. The summed E-state index contributed by atoms with van der Waals surface area (Å²) < 4.78 is 27.7. The second-order valence-electron chi connectivity index (χ2n) is 6.87. The van der Waals surface area contributed by atoms with Gasteiger partial charge in [-0.3, -0.25) is 4.79 Å². The van der Waals surface area contributed by atoms with Crippen LogP contribution < -0.4 is 5.32 Å². The number of amides is 1. The molecule has 31 heavy (non-hydrogen) atoms. The predicted molar refractivity (Wildman–Crippen MR) is 125 cm³/mol. The lowest BCUT2D eigenvalue weighted by molar-refractivity contribution is -0.116. The summed E-state index contributed by atoms with van der Waals surface area (Å²) in [6, 6.07) is 18.1. The van der Waals surface area contributed by atoms with E-state index in [0.29, 0.717) is 16.3 Å². The summed E-state index contributed by atoms with van der Waals surface area (Å²) in [4.78, 5) is 12.8. The van der Waals surface area contributed by atoms with Gasteiger partial charge in [0.25, 0.3) is 0 Å². The molecule has 3 aromatic carbocycles. The largest absolute Gasteiger partial charge is 0.324 e. The third kappa shape index (κ3) is 5.99. The Morgan fingerprint density at radius 2 is 1.65 bits per heavy atom. The lowest BCUT2D eigenvalue weighted by Gasteiger charge is -2.22. The van der Waals surface area contributed by atoms with Crippen molar-refractivity contribution in [1.29, 1.82) is 0 Å². The Bertz CT molecular complexity index is 1200. The number of anilines is 1. The van der Waals surface area contributed by atoms with Gasteiger partial charge in [-0.15, -0.1) is 0 Å². The molecular formula is C22H19Cl3N2O3S. The molecule has 3 rings (SSSR count). The Kier molecular flexibility index (Phi) is 7.62. The number of hydrogen-bond donors (Lipinski definition) is 1. The van der Waals surface area contributed by atoms with Gasteiger partial charge in [0.05, 0.1) is 27.2 Å². The zero-order valence-electron chi connectivity index (χ0n) is 16.5. The van der Waals surface area contributed by atoms with Gasteiger partial charge in [-0.05, 0) is 48.9 Å². The fourth-order valence-corrected chi connectivity index (χ4v) is 4.82. The van der Waals surface area contributed by atoms with E-state index in [1.807, 2.05) is 6.92 Å². The van der Waals surface area contributed by atoms with Crippen LogP contribution in [-0.4, -0.2) is 25.2 Å². The van der Waals surface area contributed by atoms with Gasteiger partial charge in [-0.2, -0.15) is 4.31 Å². The molecule has 0 aliphatic carbocycles. The normalized spacial score (nSPS) is 11.5. The van der Waals surface area contributed by atoms with Crippen LogP contribution in [0.15, 0.2) is 71.6 Å². The van der Waals surface area contributed by atoms with Crippen LogP contribution in [0, 0.1) is 6.92 Å². The summed E-state index contributed by atoms with van der Waals surface area (Å²) in [7, 11) is -3.96. The zero-order valence-corrected chi connectivity index (χ0v) is 19.6. The van der Waals surface area contributed by atoms with Crippen LogP contribution in [0.1, 0.15) is 11.1 Å². The molecule has 0 unspecified atom stereocenters. The van der Waals surface area contributed by atoms with Crippen molar-refractivity contribution in [3.63, 3.8) is 0 Å². The van der Waals surface area contributed by atoms with E-state index in [9.17, 15) is 13.2 Å². The Balaban J connectivity index is 1.90. The van der Waals surface area contributed by atoms with Gasteiger partial charge in [-0.25, -0.2) is 8.42 Å². The predicted octanol–water partition coefficient (Wildman–Crippen LogP) is 5.78. The average Bonchev–Trinajstić information content (AvgIpc) is 2.71. The van der Waals surface area contributed by atoms with Crippen molar-refractivity contribution < 1.29 is 13.2 Å². The minimum Gasteiger partial charge on any atom is -0.324 e. The lowest BCUT2D eigenvalue weighted by Crippen LogP contribution is -2.37. The summed E-state index contributed by atoms with van der Waals surface area (Å²) >= 11 is 18.2. The van der Waals surface area contributed by atoms with Gasteiger partial charge >= 0.3 is 0 Å². The van der Waals surface area contributed by atoms with Gasteiger partial charge in [0, 0.05) is 11.6 Å². The highest BCUT2D eigenvalue weighted by atomic mass is 35.5. The monoisotopic (exact) mass is 496 g/mol. The van der Waals surface area contributed by atoms with Crippen molar-refractivity contribution in [1.82, 2.24) is 4.31 Å². The highest BCUT2D eigenvalue weighted by Crippen LogP contribution is 2.29. The quantitative estimate of drug-likeness (QED) is 0.449. The minimum atomic E-state index is -3.96. The highest BCUT2D eigenvalue weighted by molar-refractivity contribution is 7.89. The number of nitrogens with one attached hydrogen (secondary N) is 1. The Labute approximate surface area is 196 Å². The van der Waals surface area contributed by atoms with E-state index >= 15 is 0 Å². The number of carbonyl (C=O) groups excluding carboxylic acids is 1. The van der Waals surface area contributed by atoms with E-state index in [2.05, 4.69) is 5.32 Å². The third-order valence-corrected chi connectivity index (χ3v) is 7.31. The molecule has 0 fully saturated rings. The first-order valence-corrected chi connectivity index (χ1v) is 11.8. The van der Waals surface area contributed by atoms with Crippen molar-refractivity contribution in [3.8, 4) is 0 Å². The van der Waals surface area contributed by atoms with Crippen LogP contribution in [0.25, 0.3) is 0 Å². The van der Waals surface area contributed by atoms with E-state index in [1.54, 1.807) is 54.6 Å². The summed E-state index contributed by atoms with van der Waals surface area (Å²) in [5.74, 6) is -0.554. The van der Waals surface area contributed by atoms with Gasteiger partial charge < -0.3 is 5.32 Å². The van der Waals surface area contributed by atoms with Crippen molar-refractivity contribution in [2.24, 2.45) is 0 Å². The first kappa shape index (κ1) is 23.6. The summed E-state index contributed by atoms with van der Waals surface area (Å²) in [5, 5.41) is 3.56. The highest BCUT2D eigenvalue weighted by Gasteiger charge is 2.27. The second-order valence-corrected chi connectivity index (χ2v) is 10.0. The van der Waals surface area contributed by atoms with Gasteiger partial charge in [0.1, 0.15) is 0 Å². The van der Waals surface area contributed by atoms with E-state index in [1.165, 1.54) is 12.1 Å². The molecule has 0 aliphatic heterocycles. The van der Waals surface area contributed by atoms with Crippen LogP contribution >= 0.6 is 34.8 Å². The SMILES string of the molecule is Cc1ccc(S(=O)(=O)N(CC(=O)Nc2cccc(Cl)c2Cl)Cc2cccc(Cl)c2)cc1. The first-order chi connectivity index (χ1) is 14.7. The first-order valence-electron chi connectivity index (χ1n) is 9.22. The summed E-state index contributed by atoms with van der Waals surface area (Å²) in [5.41, 5.74) is 1.88. The van der Waals surface area contributed by atoms with E-state index < -0.39 is 22.5 Å². The van der Waals surface area contributed by atoms with Crippen LogP contribution in [-0.2, 0) is 21.4 Å². The van der Waals surface area contributed by atoms with E-state index in [0.717, 1.165) is 9.87 Å². The number of hydrogen-bond acceptors (Lipinski definition) is 3. The van der Waals surface area contributed by atoms with Crippen LogP contribution in [0.4, 0.5) is 5.69 Å². The molecule has 0 aliphatic rings. The molecule has 0 heterocycles. The summed E-state index contributed by atoms with van der Waals surface area (Å²) in [6.45, 7) is 1.40. The molecule has 0 spiro atoms. The average molecular weight is 498 g/mol. The maximum atomic E-state index is 13.3. The molecule has 9 heteroatoms. The van der Waals surface area contributed by atoms with Crippen molar-refractivity contribution in [2.75, 3.05) is 11.9 Å². The maximum absolute atomic E-state index is 13.3. The Hall–Kier alpha value is -2.09. The Morgan fingerprint density at radius 3 is 2.32 bits per heavy atom. The smallest absolute Gasteiger partial charge is 0.243 e. The number of sulfonamides is 1. The van der Waals surface area contributed by atoms with Crippen molar-refractivity contribution in [2.45, 2.75) is 18.4 Å².